The second-order valence-electron chi connectivity index (χ2n) is 8.31. The highest BCUT2D eigenvalue weighted by Crippen LogP contribution is 2.60. The van der Waals surface area contributed by atoms with Crippen LogP contribution in [0.2, 0.25) is 0 Å². The van der Waals surface area contributed by atoms with Crippen LogP contribution in [0.1, 0.15) is 29.2 Å². The summed E-state index contributed by atoms with van der Waals surface area (Å²) >= 11 is 0. The molecule has 1 fully saturated rings. The summed E-state index contributed by atoms with van der Waals surface area (Å²) in [6, 6.07) is 36.6. The Labute approximate surface area is 187 Å². The summed E-state index contributed by atoms with van der Waals surface area (Å²) in [5, 5.41) is 0. The summed E-state index contributed by atoms with van der Waals surface area (Å²) in [6.45, 7) is 2.73. The summed E-state index contributed by atoms with van der Waals surface area (Å²) in [7, 11) is 0. The van der Waals surface area contributed by atoms with Crippen molar-refractivity contribution in [2.24, 2.45) is 0 Å². The molecule has 4 aromatic rings. The number of hydrogen-bond acceptors (Lipinski definition) is 3. The van der Waals surface area contributed by atoms with Gasteiger partial charge in [0.2, 0.25) is 5.72 Å². The van der Waals surface area contributed by atoms with Gasteiger partial charge in [0.15, 0.2) is 5.54 Å². The minimum absolute atomic E-state index is 0.247. The van der Waals surface area contributed by atoms with Gasteiger partial charge in [0.05, 0.1) is 0 Å². The minimum Gasteiger partial charge on any atom is -0.433 e. The van der Waals surface area contributed by atoms with Gasteiger partial charge in [-0.25, -0.2) is 9.69 Å². The zero-order valence-corrected chi connectivity index (χ0v) is 17.9. The molecular formula is C29H23NO2. The first-order valence-corrected chi connectivity index (χ1v) is 11.1. The van der Waals surface area contributed by atoms with Crippen LogP contribution in [0.4, 0.5) is 0 Å². The number of benzene rings is 4. The lowest BCUT2D eigenvalue weighted by Gasteiger charge is -2.41. The van der Waals surface area contributed by atoms with Gasteiger partial charge in [-0.15, -0.1) is 0 Å². The predicted molar refractivity (Wildman–Crippen MR) is 125 cm³/mol. The van der Waals surface area contributed by atoms with Gasteiger partial charge in [-0.1, -0.05) is 116 Å². The molecule has 156 valence electrons. The number of esters is 1. The highest BCUT2D eigenvalue weighted by atomic mass is 16.6. The molecular weight excluding hydrogens is 394 g/mol. The van der Waals surface area contributed by atoms with Gasteiger partial charge in [0.1, 0.15) is 0 Å². The molecule has 0 amide bonds. The normalized spacial score (nSPS) is 17.7. The largest absolute Gasteiger partial charge is 0.433 e. The third-order valence-electron chi connectivity index (χ3n) is 6.89. The Kier molecular flexibility index (Phi) is 4.11. The third-order valence-corrected chi connectivity index (χ3v) is 6.89. The quantitative estimate of drug-likeness (QED) is 0.401. The van der Waals surface area contributed by atoms with E-state index in [0.29, 0.717) is 6.54 Å². The summed E-state index contributed by atoms with van der Waals surface area (Å²) in [6.07, 6.45) is 0. The first-order valence-electron chi connectivity index (χ1n) is 11.1. The minimum atomic E-state index is -1.05. The van der Waals surface area contributed by atoms with Crippen molar-refractivity contribution in [1.82, 2.24) is 4.90 Å². The molecule has 3 heteroatoms. The summed E-state index contributed by atoms with van der Waals surface area (Å²) in [4.78, 5) is 16.4. The van der Waals surface area contributed by atoms with Gasteiger partial charge in [-0.05, 0) is 22.3 Å². The lowest BCUT2D eigenvalue weighted by molar-refractivity contribution is -0.150. The van der Waals surface area contributed by atoms with Crippen molar-refractivity contribution in [3.05, 3.63) is 131 Å². The van der Waals surface area contributed by atoms with Crippen LogP contribution < -0.4 is 0 Å². The molecule has 6 rings (SSSR count). The maximum absolute atomic E-state index is 14.2. The number of nitrogens with zero attached hydrogens (tertiary/aromatic N) is 1. The predicted octanol–water partition coefficient (Wildman–Crippen LogP) is 5.69. The molecule has 0 bridgehead atoms. The van der Waals surface area contributed by atoms with Gasteiger partial charge in [-0.2, -0.15) is 0 Å². The van der Waals surface area contributed by atoms with Crippen molar-refractivity contribution in [2.45, 2.75) is 18.2 Å². The number of carbonyl (C=O) groups is 1. The Bertz CT molecular complexity index is 1230. The number of carbonyl (C=O) groups excluding carboxylic acids is 1. The van der Waals surface area contributed by atoms with Crippen molar-refractivity contribution >= 4 is 5.97 Å². The van der Waals surface area contributed by atoms with Crippen molar-refractivity contribution in [3.63, 3.8) is 0 Å². The highest BCUT2D eigenvalue weighted by molar-refractivity contribution is 5.93. The summed E-state index contributed by atoms with van der Waals surface area (Å²) in [5.74, 6) is -0.247. The van der Waals surface area contributed by atoms with Crippen LogP contribution in [0.3, 0.4) is 0 Å². The van der Waals surface area contributed by atoms with Crippen LogP contribution >= 0.6 is 0 Å². The molecule has 3 nitrogen and oxygen atoms in total. The van der Waals surface area contributed by atoms with Crippen LogP contribution in [0.5, 0.6) is 0 Å². The Morgan fingerprint density at radius 2 is 1.09 bits per heavy atom. The number of rotatable bonds is 3. The van der Waals surface area contributed by atoms with E-state index in [4.69, 9.17) is 4.74 Å². The van der Waals surface area contributed by atoms with Crippen LogP contribution in [0, 0.1) is 0 Å². The molecule has 32 heavy (non-hydrogen) atoms. The molecule has 0 radical (unpaired) electrons. The van der Waals surface area contributed by atoms with Crippen LogP contribution in [-0.2, 0) is 20.8 Å². The third kappa shape index (κ3) is 2.21. The smallest absolute Gasteiger partial charge is 0.338 e. The maximum atomic E-state index is 14.2. The standard InChI is InChI=1S/C29H23NO2/c1-2-30-28(21-13-5-3-6-14-21,22-15-7-4-8-16-22)27(31)32-29(30)25-19-11-9-17-23(25)24-18-10-12-20-26(24)29/h3-20H,2H2,1H3. The number of likely N-dealkylation sites (N-methyl/N-ethyl adjacent to an activating group) is 1. The molecule has 1 heterocycles. The first-order chi connectivity index (χ1) is 15.7. The van der Waals surface area contributed by atoms with E-state index < -0.39 is 11.3 Å². The van der Waals surface area contributed by atoms with E-state index in [0.717, 1.165) is 33.4 Å². The molecule has 0 N–H and O–H groups in total. The fourth-order valence-electron chi connectivity index (χ4n) is 5.71. The fourth-order valence-corrected chi connectivity index (χ4v) is 5.71. The lowest BCUT2D eigenvalue weighted by atomic mass is 9.80. The van der Waals surface area contributed by atoms with Crippen LogP contribution in [-0.4, -0.2) is 17.4 Å². The van der Waals surface area contributed by atoms with Crippen molar-refractivity contribution in [1.29, 1.82) is 0 Å². The SMILES string of the molecule is CCN1C2(OC(=O)C1(c1ccccc1)c1ccccc1)c1ccccc1-c1ccccc12. The molecule has 0 saturated carbocycles. The van der Waals surface area contributed by atoms with Gasteiger partial charge in [0, 0.05) is 17.7 Å². The molecule has 1 aliphatic heterocycles. The fraction of sp³-hybridized carbons (Fsp3) is 0.138. The van der Waals surface area contributed by atoms with E-state index in [1.807, 2.05) is 84.9 Å². The second kappa shape index (κ2) is 6.91. The number of ether oxygens (including phenoxy) is 1. The molecule has 4 aromatic carbocycles. The summed E-state index contributed by atoms with van der Waals surface area (Å²) < 4.78 is 6.58. The molecule has 2 aliphatic rings. The van der Waals surface area contributed by atoms with Crippen molar-refractivity contribution < 1.29 is 9.53 Å². The van der Waals surface area contributed by atoms with E-state index in [1.165, 1.54) is 0 Å². The Hall–Kier alpha value is -3.69. The van der Waals surface area contributed by atoms with Crippen LogP contribution in [0.25, 0.3) is 11.1 Å². The number of hydrogen-bond donors (Lipinski definition) is 0. The van der Waals surface area contributed by atoms with E-state index >= 15 is 0 Å². The second-order valence-corrected chi connectivity index (χ2v) is 8.31. The summed E-state index contributed by atoms with van der Waals surface area (Å²) in [5.41, 5.74) is 4.06. The zero-order valence-electron chi connectivity index (χ0n) is 17.9. The van der Waals surface area contributed by atoms with Crippen molar-refractivity contribution in [2.75, 3.05) is 6.54 Å². The Balaban J connectivity index is 1.72. The van der Waals surface area contributed by atoms with Gasteiger partial charge < -0.3 is 4.74 Å². The van der Waals surface area contributed by atoms with Gasteiger partial charge in [-0.3, -0.25) is 0 Å². The Morgan fingerprint density at radius 1 is 0.656 bits per heavy atom. The molecule has 1 saturated heterocycles. The van der Waals surface area contributed by atoms with Crippen LogP contribution in [0.15, 0.2) is 109 Å². The molecule has 1 aliphatic carbocycles. The average Bonchev–Trinajstić information content (AvgIpc) is 3.30. The molecule has 0 aromatic heterocycles. The van der Waals surface area contributed by atoms with E-state index in [2.05, 4.69) is 36.1 Å². The topological polar surface area (TPSA) is 29.5 Å². The first kappa shape index (κ1) is 19.0. The maximum Gasteiger partial charge on any atom is 0.338 e. The average molecular weight is 418 g/mol. The van der Waals surface area contributed by atoms with E-state index in [9.17, 15) is 4.79 Å². The van der Waals surface area contributed by atoms with E-state index in [-0.39, 0.29) is 5.97 Å². The monoisotopic (exact) mass is 417 g/mol. The Morgan fingerprint density at radius 3 is 1.56 bits per heavy atom. The molecule has 1 spiro atoms. The zero-order chi connectivity index (χ0) is 21.8. The van der Waals surface area contributed by atoms with Gasteiger partial charge >= 0.3 is 5.97 Å². The number of fused-ring (bicyclic) bond motifs is 5. The molecule has 0 atom stereocenters. The van der Waals surface area contributed by atoms with E-state index in [1.54, 1.807) is 0 Å². The lowest BCUT2D eigenvalue weighted by Crippen LogP contribution is -2.53. The van der Waals surface area contributed by atoms with Gasteiger partial charge in [0.25, 0.3) is 0 Å². The highest BCUT2D eigenvalue weighted by Gasteiger charge is 2.67. The van der Waals surface area contributed by atoms with Crippen molar-refractivity contribution in [3.8, 4) is 11.1 Å². The molecule has 0 unspecified atom stereocenters.